The number of ketones is 2. The molecule has 0 radical (unpaired) electrons. The molecule has 202 valence electrons. The summed E-state index contributed by atoms with van der Waals surface area (Å²) < 4.78 is 0.104. The standard InChI is InChI=1S/C30H22BrNO8/c1-12-3-2-4-16(26(12)35)23-14-7-8-17-24(18(14)10-19-25(23)22(34)11-20(31)27(19)36)29(38)32(28(17)37)13-5-6-15(30(39)40)21(33)9-13/h2-7,9,11,17-18,23-24,33,35H,8,10H2,1H3,(H,39,40)/t17-,18+,23+,24-/m0/s1. The van der Waals surface area contributed by atoms with Gasteiger partial charge in [0.25, 0.3) is 0 Å². The number of nitrogens with zero attached hydrogens (tertiary/aromatic N) is 1. The van der Waals surface area contributed by atoms with Crippen molar-refractivity contribution in [3.8, 4) is 11.5 Å². The second-order valence-electron chi connectivity index (χ2n) is 10.4. The molecule has 0 aromatic heterocycles. The summed E-state index contributed by atoms with van der Waals surface area (Å²) in [7, 11) is 0. The summed E-state index contributed by atoms with van der Waals surface area (Å²) in [5, 5.41) is 30.5. The highest BCUT2D eigenvalue weighted by atomic mass is 79.9. The molecule has 3 N–H and O–H groups in total. The number of carboxylic acid groups (broad SMARTS) is 1. The number of halogens is 1. The summed E-state index contributed by atoms with van der Waals surface area (Å²) in [5.41, 5.74) is 1.92. The number of hydrogen-bond acceptors (Lipinski definition) is 7. The number of Topliss-reactive ketones (excluding diaryl/α,β-unsaturated/α-hetero) is 1. The zero-order valence-corrected chi connectivity index (χ0v) is 22.6. The third kappa shape index (κ3) is 3.62. The van der Waals surface area contributed by atoms with Crippen molar-refractivity contribution in [1.29, 1.82) is 0 Å². The van der Waals surface area contributed by atoms with E-state index < -0.39 is 47.2 Å². The molecule has 1 heterocycles. The molecule has 0 bridgehead atoms. The summed E-state index contributed by atoms with van der Waals surface area (Å²) in [6, 6.07) is 8.67. The lowest BCUT2D eigenvalue weighted by molar-refractivity contribution is -0.123. The van der Waals surface area contributed by atoms with Crippen LogP contribution in [0.5, 0.6) is 11.5 Å². The summed E-state index contributed by atoms with van der Waals surface area (Å²) in [4.78, 5) is 66.4. The van der Waals surface area contributed by atoms with E-state index in [9.17, 15) is 39.3 Å². The van der Waals surface area contributed by atoms with Crippen molar-refractivity contribution in [3.05, 3.63) is 86.4 Å². The van der Waals surface area contributed by atoms with Gasteiger partial charge in [0.15, 0.2) is 11.6 Å². The molecule has 10 heteroatoms. The first-order valence-corrected chi connectivity index (χ1v) is 13.4. The Balaban J connectivity index is 1.48. The summed E-state index contributed by atoms with van der Waals surface area (Å²) in [5.74, 6) is -6.70. The first kappa shape index (κ1) is 25.9. The number of rotatable bonds is 3. The quantitative estimate of drug-likeness (QED) is 0.270. The first-order chi connectivity index (χ1) is 19.0. The van der Waals surface area contributed by atoms with E-state index >= 15 is 0 Å². The smallest absolute Gasteiger partial charge is 0.339 e. The van der Waals surface area contributed by atoms with E-state index in [0.29, 0.717) is 16.7 Å². The largest absolute Gasteiger partial charge is 0.507 e. The lowest BCUT2D eigenvalue weighted by Crippen LogP contribution is -2.39. The number of benzene rings is 2. The minimum Gasteiger partial charge on any atom is -0.507 e. The van der Waals surface area contributed by atoms with Crippen LogP contribution in [0.3, 0.4) is 0 Å². The van der Waals surface area contributed by atoms with Gasteiger partial charge in [-0.25, -0.2) is 9.69 Å². The van der Waals surface area contributed by atoms with Gasteiger partial charge >= 0.3 is 5.97 Å². The van der Waals surface area contributed by atoms with E-state index in [1.165, 1.54) is 12.1 Å². The lowest BCUT2D eigenvalue weighted by Gasteiger charge is -2.42. The summed E-state index contributed by atoms with van der Waals surface area (Å²) in [6.45, 7) is 1.73. The Morgan fingerprint density at radius 3 is 2.48 bits per heavy atom. The summed E-state index contributed by atoms with van der Waals surface area (Å²) >= 11 is 3.18. The highest BCUT2D eigenvalue weighted by Crippen LogP contribution is 2.56. The number of hydrogen-bond donors (Lipinski definition) is 3. The molecule has 2 amide bonds. The van der Waals surface area contributed by atoms with Crippen molar-refractivity contribution < 1.29 is 39.3 Å². The normalized spacial score (nSPS) is 25.8. The second kappa shape index (κ2) is 9.12. The molecule has 0 spiro atoms. The molecule has 4 aliphatic rings. The molecule has 4 atom stereocenters. The number of carbonyl (C=O) groups is 5. The first-order valence-electron chi connectivity index (χ1n) is 12.6. The number of phenolic OH excluding ortho intramolecular Hbond substituents is 1. The fourth-order valence-electron chi connectivity index (χ4n) is 6.57. The molecule has 2 aromatic rings. The van der Waals surface area contributed by atoms with Crippen molar-refractivity contribution in [1.82, 2.24) is 0 Å². The van der Waals surface area contributed by atoms with Crippen molar-refractivity contribution >= 4 is 51.0 Å². The third-order valence-electron chi connectivity index (χ3n) is 8.38. The SMILES string of the molecule is Cc1cccc([C@H]2C3=CC[C@@H]4C(=O)N(c5ccc(C(=O)O)c(O)c5)C(=O)[C@@H]4[C@@H]3CC3=C2C(=O)C=C(Br)C3=O)c1O. The molecule has 0 unspecified atom stereocenters. The van der Waals surface area contributed by atoms with Crippen LogP contribution in [0.4, 0.5) is 5.69 Å². The van der Waals surface area contributed by atoms with Crippen LogP contribution in [-0.2, 0) is 19.2 Å². The Morgan fingerprint density at radius 2 is 1.77 bits per heavy atom. The molecule has 1 saturated heterocycles. The average Bonchev–Trinajstić information content (AvgIpc) is 3.17. The van der Waals surface area contributed by atoms with E-state index in [1.807, 2.05) is 6.08 Å². The number of phenols is 2. The van der Waals surface area contributed by atoms with Crippen molar-refractivity contribution in [2.75, 3.05) is 4.90 Å². The maximum absolute atomic E-state index is 13.9. The molecule has 2 aromatic carbocycles. The van der Waals surface area contributed by atoms with Gasteiger partial charge in [-0.1, -0.05) is 29.8 Å². The zero-order valence-electron chi connectivity index (χ0n) is 21.1. The molecule has 1 fully saturated rings. The Hall–Kier alpha value is -4.31. The number of fused-ring (bicyclic) bond motifs is 3. The van der Waals surface area contributed by atoms with Crippen molar-refractivity contribution in [2.45, 2.75) is 25.7 Å². The van der Waals surface area contributed by atoms with Gasteiger partial charge in [-0.05, 0) is 59.3 Å². The highest BCUT2D eigenvalue weighted by Gasteiger charge is 2.57. The van der Waals surface area contributed by atoms with Crippen LogP contribution in [0.1, 0.15) is 40.2 Å². The van der Waals surface area contributed by atoms with Crippen LogP contribution in [0, 0.1) is 24.7 Å². The van der Waals surface area contributed by atoms with Gasteiger partial charge < -0.3 is 15.3 Å². The Labute approximate surface area is 236 Å². The maximum Gasteiger partial charge on any atom is 0.339 e. The van der Waals surface area contributed by atoms with Gasteiger partial charge in [0, 0.05) is 34.8 Å². The van der Waals surface area contributed by atoms with Gasteiger partial charge in [0.1, 0.15) is 17.1 Å². The van der Waals surface area contributed by atoms with Crippen LogP contribution in [0.15, 0.2) is 69.8 Å². The second-order valence-corrected chi connectivity index (χ2v) is 11.3. The van der Waals surface area contributed by atoms with Gasteiger partial charge in [0.05, 0.1) is 22.0 Å². The molecule has 3 aliphatic carbocycles. The topological polar surface area (TPSA) is 149 Å². The fraction of sp³-hybridized carbons (Fsp3) is 0.233. The van der Waals surface area contributed by atoms with Crippen molar-refractivity contribution in [3.63, 3.8) is 0 Å². The third-order valence-corrected chi connectivity index (χ3v) is 8.97. The maximum atomic E-state index is 13.9. The number of allylic oxidation sites excluding steroid dienone is 6. The van der Waals surface area contributed by atoms with E-state index in [-0.39, 0.29) is 57.0 Å². The number of amides is 2. The molecule has 0 saturated carbocycles. The monoisotopic (exact) mass is 603 g/mol. The van der Waals surface area contributed by atoms with Crippen LogP contribution >= 0.6 is 15.9 Å². The number of imide groups is 1. The van der Waals surface area contributed by atoms with E-state index in [2.05, 4.69) is 15.9 Å². The average molecular weight is 604 g/mol. The Kier molecular flexibility index (Phi) is 5.92. The predicted octanol–water partition coefficient (Wildman–Crippen LogP) is 4.07. The molecule has 1 aliphatic heterocycles. The van der Waals surface area contributed by atoms with Crippen molar-refractivity contribution in [2.24, 2.45) is 17.8 Å². The predicted molar refractivity (Wildman–Crippen MR) is 145 cm³/mol. The number of aromatic hydroxyl groups is 2. The number of aryl methyl sites for hydroxylation is 1. The molecule has 6 rings (SSSR count). The number of aromatic carboxylic acids is 1. The zero-order chi connectivity index (χ0) is 28.6. The molecule has 9 nitrogen and oxygen atoms in total. The minimum atomic E-state index is -1.35. The van der Waals surface area contributed by atoms with Gasteiger partial charge in [-0.3, -0.25) is 19.2 Å². The lowest BCUT2D eigenvalue weighted by atomic mass is 9.59. The fourth-order valence-corrected chi connectivity index (χ4v) is 7.02. The van der Waals surface area contributed by atoms with E-state index in [1.54, 1.807) is 25.1 Å². The van der Waals surface area contributed by atoms with Crippen LogP contribution in [0.25, 0.3) is 0 Å². The Bertz CT molecular complexity index is 1680. The minimum absolute atomic E-state index is 0.0126. The molecule has 40 heavy (non-hydrogen) atoms. The van der Waals surface area contributed by atoms with Gasteiger partial charge in [-0.2, -0.15) is 0 Å². The highest BCUT2D eigenvalue weighted by molar-refractivity contribution is 9.12. The van der Waals surface area contributed by atoms with E-state index in [0.717, 1.165) is 17.0 Å². The Morgan fingerprint density at radius 1 is 1.02 bits per heavy atom. The van der Waals surface area contributed by atoms with Crippen LogP contribution < -0.4 is 4.90 Å². The number of anilines is 1. The molecular weight excluding hydrogens is 582 g/mol. The number of carbonyl (C=O) groups excluding carboxylic acids is 4. The van der Waals surface area contributed by atoms with E-state index in [4.69, 9.17) is 0 Å². The van der Waals surface area contributed by atoms with Crippen LogP contribution in [-0.4, -0.2) is 44.7 Å². The van der Waals surface area contributed by atoms with Gasteiger partial charge in [0.2, 0.25) is 11.8 Å². The molecular formula is C30H22BrNO8. The summed E-state index contributed by atoms with van der Waals surface area (Å²) in [6.07, 6.45) is 3.33. The van der Waals surface area contributed by atoms with Gasteiger partial charge in [-0.15, -0.1) is 0 Å². The van der Waals surface area contributed by atoms with Crippen LogP contribution in [0.2, 0.25) is 0 Å². The number of carboxylic acids is 1. The number of para-hydroxylation sites is 1.